The van der Waals surface area contributed by atoms with Crippen molar-refractivity contribution >= 4 is 99.1 Å². The van der Waals surface area contributed by atoms with Crippen LogP contribution in [0.25, 0.3) is 0 Å². The maximum atomic E-state index is 17.0. The predicted octanol–water partition coefficient (Wildman–Crippen LogP) is 29.1. The SMILES string of the molecule is CC[Si](CC)(CC)OCC1OC(OC2C(O[C@H]3CC[C@@]4(C)C(CC[C@]5(C)C4CC=C4C6CC(C)(C)CC[C@]6(C(=O)NCCNC(=O)OC(C)(C)C)[C@H](O[Si](CC)(CC)CC)C[C@]45C)[C@]3(C)C=O)OC(C(=O)OCc3ccccc3)C(O[Si](CC)(CC)CC)C2OC2OCC(O[Si](CC)(CC)CC)C(O[Si](CC)(CC)CC)C2O[Si](CC)(CC)CC)C(O[Si](CC)(CC)CC)C(O[Si](CC)(CC)CC)C1O[Si](CC)(CC)CC. The lowest BCUT2D eigenvalue weighted by Gasteiger charge is -2.72. The van der Waals surface area contributed by atoms with Crippen molar-refractivity contribution in [3.63, 3.8) is 0 Å². The van der Waals surface area contributed by atoms with E-state index in [9.17, 15) is 4.79 Å². The number of ether oxygens (including phenoxy) is 8. The fourth-order valence-corrected chi connectivity index (χ4v) is 54.4. The Morgan fingerprint density at radius 1 is 0.422 bits per heavy atom. The lowest BCUT2D eigenvalue weighted by molar-refractivity contribution is -0.387. The molecule has 1 aromatic carbocycles. The first-order valence-corrected chi connectivity index (χ1v) is 83.0. The Morgan fingerprint density at radius 2 is 0.850 bits per heavy atom. The highest BCUT2D eigenvalue weighted by atomic mass is 28.4. The van der Waals surface area contributed by atoms with Gasteiger partial charge < -0.3 is 93.2 Å². The number of hydrogen-bond donors (Lipinski definition) is 2. The summed E-state index contributed by atoms with van der Waals surface area (Å²) < 4.78 is 137. The third-order valence-corrected chi connectivity index (χ3v) is 83.7. The van der Waals surface area contributed by atoms with E-state index < -0.39 is 206 Å². The minimum atomic E-state index is -3.02. The number of nitrogens with one attached hydrogen (secondary N) is 2. The van der Waals surface area contributed by atoms with Gasteiger partial charge in [-0.15, -0.1) is 0 Å². The standard InChI is InChI=1S/C115H218N2O21Si9/c1-37-139(38-2,39-3)124-83-88-94(133-142(46-10,47-11)48-12)97(135-144(52-16,53-17)54-18)102(138-147(61-25,62-26)63-27)106(125-88)129-100-96(127-104-101(137-146(58-22,59-23)60-24)95(134-143(49-13,50-14)51-15)89(82-123-104)131-140(40-4,41-5)42-6)98(136-145(55-19,56-20)57-21)99(103(119)122-81-85-67-65-64-66-68-85)128-105(100)126-92-72-73-111(33)90(112(92,34)84-118)71-74-113(35)91(111)70-69-86-87-79-110(31,32)75-76-115(87,107(120)116-77-78-117-108(121)130-109(28,29)30)93(80-114(86,113)36)132-141(43-7,44-8)45-9/h64-69,84,87-102,104-106H,37-63,70-83H2,1-36H3,(H,116,120)(H,117,121)/t87?,88?,89?,90?,91?,92-,93+,94?,95?,96?,97?,98?,99?,100?,101?,102?,104?,105?,106?,111-,112-,113+,114+,115+/m0/s1. The molecular weight excluding hydrogens is 2000 g/mol. The Kier molecular flexibility index (Phi) is 47.6. The van der Waals surface area contributed by atoms with Gasteiger partial charge in [-0.25, -0.2) is 9.59 Å². The molecule has 2 N–H and O–H groups in total. The molecule has 9 rings (SSSR count). The number of esters is 1. The smallest absolute Gasteiger partial charge is 0.407 e. The van der Waals surface area contributed by atoms with Crippen molar-refractivity contribution in [1.29, 1.82) is 0 Å². The van der Waals surface area contributed by atoms with Gasteiger partial charge in [0.25, 0.3) is 0 Å². The summed E-state index contributed by atoms with van der Waals surface area (Å²) in [4.78, 5) is 62.5. The zero-order valence-electron chi connectivity index (χ0n) is 100. The van der Waals surface area contributed by atoms with E-state index in [0.29, 0.717) is 50.2 Å². The topological polar surface area (TPSA) is 249 Å². The van der Waals surface area contributed by atoms with Gasteiger partial charge in [0.1, 0.15) is 73.4 Å². The van der Waals surface area contributed by atoms with Gasteiger partial charge in [0.15, 0.2) is 99.8 Å². The van der Waals surface area contributed by atoms with E-state index in [1.807, 2.05) is 51.1 Å². The number of amides is 2. The number of aldehydes is 1. The van der Waals surface area contributed by atoms with Gasteiger partial charge in [-0.05, 0) is 287 Å². The van der Waals surface area contributed by atoms with Gasteiger partial charge in [0.2, 0.25) is 5.91 Å². The molecule has 1 aromatic rings. The van der Waals surface area contributed by atoms with Crippen LogP contribution in [-0.2, 0) is 98.7 Å². The van der Waals surface area contributed by atoms with E-state index in [2.05, 4.69) is 245 Å². The molecule has 2 amide bonds. The molecule has 147 heavy (non-hydrogen) atoms. The van der Waals surface area contributed by atoms with Gasteiger partial charge >= 0.3 is 12.1 Å². The number of carbonyl (C=O) groups excluding carboxylic acids is 4. The molecule has 17 unspecified atom stereocenters. The van der Waals surface area contributed by atoms with Crippen molar-refractivity contribution < 1.29 is 96.9 Å². The first kappa shape index (κ1) is 129. The summed E-state index contributed by atoms with van der Waals surface area (Å²) in [6.07, 6.45) is -6.03. The second-order valence-electron chi connectivity index (χ2n) is 49.0. The van der Waals surface area contributed by atoms with Crippen LogP contribution >= 0.6 is 0 Å². The van der Waals surface area contributed by atoms with Crippen molar-refractivity contribution in [2.75, 3.05) is 26.3 Å². The van der Waals surface area contributed by atoms with Crippen LogP contribution in [-0.4, -0.2) is 229 Å². The van der Waals surface area contributed by atoms with E-state index in [0.717, 1.165) is 176 Å². The van der Waals surface area contributed by atoms with Crippen LogP contribution in [0.2, 0.25) is 163 Å². The Morgan fingerprint density at radius 3 is 1.33 bits per heavy atom. The van der Waals surface area contributed by atoms with E-state index in [4.69, 9.17) is 77.7 Å². The van der Waals surface area contributed by atoms with Crippen LogP contribution in [0.5, 0.6) is 0 Å². The summed E-state index contributed by atoms with van der Waals surface area (Å²) in [5.74, 6) is -0.918. The molecule has 0 aromatic heterocycles. The van der Waals surface area contributed by atoms with Gasteiger partial charge in [0, 0.05) is 13.1 Å². The summed E-state index contributed by atoms with van der Waals surface area (Å²) >= 11 is 0. The van der Waals surface area contributed by atoms with Crippen molar-refractivity contribution in [3.05, 3.63) is 47.5 Å². The second-order valence-corrected chi connectivity index (χ2v) is 91.6. The molecular formula is C115H218N2O21Si9. The number of hydrogen-bond acceptors (Lipinski definition) is 21. The Bertz CT molecular complexity index is 4140. The first-order valence-electron chi connectivity index (χ1n) is 60.2. The molecule has 3 aliphatic heterocycles. The lowest BCUT2D eigenvalue weighted by atomic mass is 9.33. The molecule has 4 saturated carbocycles. The number of fused-ring (bicyclic) bond motifs is 7. The van der Waals surface area contributed by atoms with Crippen LogP contribution in [0.4, 0.5) is 4.79 Å². The van der Waals surface area contributed by atoms with Crippen LogP contribution in [0.15, 0.2) is 42.0 Å². The van der Waals surface area contributed by atoms with E-state index >= 15 is 14.4 Å². The molecule has 32 heteroatoms. The van der Waals surface area contributed by atoms with Crippen LogP contribution in [0.1, 0.15) is 313 Å². The normalized spacial score (nSPS) is 32.2. The van der Waals surface area contributed by atoms with Gasteiger partial charge in [0.05, 0.1) is 42.4 Å². The predicted molar refractivity (Wildman–Crippen MR) is 620 cm³/mol. The summed E-state index contributed by atoms with van der Waals surface area (Å²) in [5.41, 5.74) is -1.88. The highest BCUT2D eigenvalue weighted by Gasteiger charge is 2.74. The minimum absolute atomic E-state index is 0.0158. The van der Waals surface area contributed by atoms with Crippen molar-refractivity contribution in [2.24, 2.45) is 50.2 Å². The number of rotatable bonds is 60. The van der Waals surface area contributed by atoms with Gasteiger partial charge in [-0.1, -0.05) is 270 Å². The lowest BCUT2D eigenvalue weighted by Crippen LogP contribution is -2.72. The Hall–Kier alpha value is -1.81. The molecule has 23 nitrogen and oxygen atoms in total. The largest absolute Gasteiger partial charge is 0.459 e. The third-order valence-electron chi connectivity index (χ3n) is 41.9. The maximum absolute atomic E-state index is 17.0. The molecule has 0 spiro atoms. The zero-order valence-corrected chi connectivity index (χ0v) is 109. The molecule has 24 atom stereocenters. The summed E-state index contributed by atoms with van der Waals surface area (Å²) in [6.45, 7) is 82.9. The highest BCUT2D eigenvalue weighted by Crippen LogP contribution is 2.77. The molecule has 3 heterocycles. The maximum Gasteiger partial charge on any atom is 0.407 e. The monoisotopic (exact) mass is 2220 g/mol. The third kappa shape index (κ3) is 27.2. The highest BCUT2D eigenvalue weighted by molar-refractivity contribution is 6.77. The van der Waals surface area contributed by atoms with E-state index in [1.54, 1.807) is 0 Å². The Balaban J connectivity index is 1.37. The summed E-state index contributed by atoms with van der Waals surface area (Å²) in [6, 6.07) is 33.0. The quantitative estimate of drug-likeness (QED) is 0.0154. The zero-order chi connectivity index (χ0) is 109. The van der Waals surface area contributed by atoms with Crippen molar-refractivity contribution in [3.8, 4) is 0 Å². The number of carbonyl (C=O) groups is 4. The molecule has 3 saturated heterocycles. The fourth-order valence-electron chi connectivity index (χ4n) is 29.0. The van der Waals surface area contributed by atoms with E-state index in [-0.39, 0.29) is 73.5 Å². The Labute approximate surface area is 905 Å². The number of allylic oxidation sites excluding steroid dienone is 2. The average molecular weight is 2220 g/mol. The molecule has 0 bridgehead atoms. The minimum Gasteiger partial charge on any atom is -0.459 e. The second kappa shape index (κ2) is 54.4. The van der Waals surface area contributed by atoms with Crippen LogP contribution in [0, 0.1) is 50.2 Å². The van der Waals surface area contributed by atoms with Crippen molar-refractivity contribution in [1.82, 2.24) is 10.6 Å². The van der Waals surface area contributed by atoms with E-state index in [1.165, 1.54) is 11.9 Å². The van der Waals surface area contributed by atoms with Crippen LogP contribution < -0.4 is 10.6 Å². The molecule has 5 aliphatic carbocycles. The van der Waals surface area contributed by atoms with Crippen LogP contribution in [0.3, 0.4) is 0 Å². The molecule has 0 radical (unpaired) electrons. The molecule has 7 fully saturated rings. The van der Waals surface area contributed by atoms with Gasteiger partial charge in [-0.3, -0.25) is 4.79 Å². The fraction of sp³-hybridized carbons (Fsp3) is 0.896. The molecule has 850 valence electrons. The van der Waals surface area contributed by atoms with Gasteiger partial charge in [-0.2, -0.15) is 0 Å². The number of benzene rings is 1. The van der Waals surface area contributed by atoms with Crippen molar-refractivity contribution in [2.45, 2.75) is 581 Å². The molecule has 8 aliphatic rings. The summed E-state index contributed by atoms with van der Waals surface area (Å²) in [7, 11) is -23.9. The average Bonchev–Trinajstić information content (AvgIpc) is 0.665. The summed E-state index contributed by atoms with van der Waals surface area (Å²) in [5, 5.41) is 6.41. The number of alkyl carbamates (subject to hydrolysis) is 1. The first-order chi connectivity index (χ1) is 69.6.